The standard InChI is InChI=1S/C14H17FN4O2/c1-2-7-16-14(20)9-19-8-11(17-18-19)10-21-13-6-4-3-5-12(13)15/h3-6,8H,2,7,9-10H2,1H3,(H,16,20). The second kappa shape index (κ2) is 7.37. The second-order valence-electron chi connectivity index (χ2n) is 4.48. The van der Waals surface area contributed by atoms with Crippen molar-refractivity contribution in [3.05, 3.63) is 42.0 Å². The van der Waals surface area contributed by atoms with Crippen molar-refractivity contribution in [2.75, 3.05) is 6.54 Å². The van der Waals surface area contributed by atoms with Crippen LogP contribution in [-0.2, 0) is 17.9 Å². The van der Waals surface area contributed by atoms with Crippen molar-refractivity contribution in [3.8, 4) is 5.75 Å². The lowest BCUT2D eigenvalue weighted by atomic mass is 10.3. The number of halogens is 1. The maximum atomic E-state index is 13.4. The maximum Gasteiger partial charge on any atom is 0.241 e. The summed E-state index contributed by atoms with van der Waals surface area (Å²) < 4.78 is 20.1. The number of ether oxygens (including phenoxy) is 1. The molecular weight excluding hydrogens is 275 g/mol. The summed E-state index contributed by atoms with van der Waals surface area (Å²) in [6.45, 7) is 2.81. The third kappa shape index (κ3) is 4.55. The van der Waals surface area contributed by atoms with Gasteiger partial charge in [0.1, 0.15) is 18.8 Å². The van der Waals surface area contributed by atoms with E-state index in [-0.39, 0.29) is 24.8 Å². The van der Waals surface area contributed by atoms with E-state index in [0.717, 1.165) is 6.42 Å². The third-order valence-electron chi connectivity index (χ3n) is 2.68. The molecule has 1 aromatic heterocycles. The topological polar surface area (TPSA) is 69.0 Å². The van der Waals surface area contributed by atoms with E-state index in [0.29, 0.717) is 12.2 Å². The fraction of sp³-hybridized carbons (Fsp3) is 0.357. The summed E-state index contributed by atoms with van der Waals surface area (Å²) >= 11 is 0. The van der Waals surface area contributed by atoms with Gasteiger partial charge in [0.15, 0.2) is 11.6 Å². The maximum absolute atomic E-state index is 13.4. The van der Waals surface area contributed by atoms with Gasteiger partial charge in [-0.05, 0) is 18.6 Å². The number of carbonyl (C=O) groups is 1. The molecule has 0 saturated carbocycles. The molecule has 1 amide bonds. The molecule has 1 N–H and O–H groups in total. The van der Waals surface area contributed by atoms with E-state index in [1.54, 1.807) is 18.3 Å². The Bertz CT molecular complexity index is 600. The summed E-state index contributed by atoms with van der Waals surface area (Å²) in [4.78, 5) is 11.5. The number of hydrogen-bond acceptors (Lipinski definition) is 4. The van der Waals surface area contributed by atoms with Crippen LogP contribution in [0.2, 0.25) is 0 Å². The van der Waals surface area contributed by atoms with Crippen molar-refractivity contribution in [2.24, 2.45) is 0 Å². The van der Waals surface area contributed by atoms with Gasteiger partial charge in [-0.25, -0.2) is 9.07 Å². The summed E-state index contributed by atoms with van der Waals surface area (Å²) in [7, 11) is 0. The minimum Gasteiger partial charge on any atom is -0.484 e. The Morgan fingerprint density at radius 3 is 3.00 bits per heavy atom. The minimum atomic E-state index is -0.427. The van der Waals surface area contributed by atoms with Crippen LogP contribution in [-0.4, -0.2) is 27.4 Å². The number of carbonyl (C=O) groups excluding carboxylic acids is 1. The summed E-state index contributed by atoms with van der Waals surface area (Å²) in [5.74, 6) is -0.389. The molecule has 0 saturated heterocycles. The van der Waals surface area contributed by atoms with Gasteiger partial charge in [-0.3, -0.25) is 4.79 Å². The lowest BCUT2D eigenvalue weighted by molar-refractivity contribution is -0.121. The van der Waals surface area contributed by atoms with E-state index in [4.69, 9.17) is 4.74 Å². The van der Waals surface area contributed by atoms with Gasteiger partial charge in [-0.1, -0.05) is 24.3 Å². The molecule has 112 valence electrons. The number of nitrogens with zero attached hydrogens (tertiary/aromatic N) is 3. The van der Waals surface area contributed by atoms with Crippen molar-refractivity contribution >= 4 is 5.91 Å². The number of benzene rings is 1. The smallest absolute Gasteiger partial charge is 0.241 e. The summed E-state index contributed by atoms with van der Waals surface area (Å²) in [5, 5.41) is 10.5. The van der Waals surface area contributed by atoms with Crippen LogP contribution in [0.3, 0.4) is 0 Å². The molecule has 21 heavy (non-hydrogen) atoms. The molecule has 0 aliphatic heterocycles. The van der Waals surface area contributed by atoms with Crippen LogP contribution in [0.25, 0.3) is 0 Å². The lowest BCUT2D eigenvalue weighted by Gasteiger charge is -2.04. The van der Waals surface area contributed by atoms with Gasteiger partial charge in [0, 0.05) is 6.54 Å². The Morgan fingerprint density at radius 1 is 1.43 bits per heavy atom. The summed E-state index contributed by atoms with van der Waals surface area (Å²) in [6, 6.07) is 6.14. The molecule has 0 unspecified atom stereocenters. The van der Waals surface area contributed by atoms with Crippen LogP contribution in [0, 0.1) is 5.82 Å². The number of hydrogen-bond donors (Lipinski definition) is 1. The first-order valence-electron chi connectivity index (χ1n) is 6.72. The van der Waals surface area contributed by atoms with Crippen molar-refractivity contribution in [2.45, 2.75) is 26.5 Å². The largest absolute Gasteiger partial charge is 0.484 e. The van der Waals surface area contributed by atoms with Gasteiger partial charge in [0.25, 0.3) is 0 Å². The molecule has 2 aromatic rings. The predicted molar refractivity (Wildman–Crippen MR) is 74.1 cm³/mol. The molecule has 0 bridgehead atoms. The fourth-order valence-electron chi connectivity index (χ4n) is 1.66. The average Bonchev–Trinajstić information content (AvgIpc) is 2.92. The van der Waals surface area contributed by atoms with Crippen LogP contribution in [0.4, 0.5) is 4.39 Å². The number of aromatic nitrogens is 3. The van der Waals surface area contributed by atoms with E-state index >= 15 is 0 Å². The molecule has 0 spiro atoms. The van der Waals surface area contributed by atoms with Gasteiger partial charge in [0.2, 0.25) is 5.91 Å². The Balaban J connectivity index is 1.86. The highest BCUT2D eigenvalue weighted by Gasteiger charge is 2.07. The van der Waals surface area contributed by atoms with E-state index in [1.807, 2.05) is 6.92 Å². The van der Waals surface area contributed by atoms with Gasteiger partial charge in [-0.2, -0.15) is 0 Å². The molecule has 0 radical (unpaired) electrons. The Morgan fingerprint density at radius 2 is 2.24 bits per heavy atom. The van der Waals surface area contributed by atoms with Gasteiger partial charge < -0.3 is 10.1 Å². The van der Waals surface area contributed by atoms with E-state index in [9.17, 15) is 9.18 Å². The average molecular weight is 292 g/mol. The van der Waals surface area contributed by atoms with Crippen LogP contribution < -0.4 is 10.1 Å². The quantitative estimate of drug-likeness (QED) is 0.840. The number of rotatable bonds is 7. The zero-order chi connectivity index (χ0) is 15.1. The number of para-hydroxylation sites is 1. The fourth-order valence-corrected chi connectivity index (χ4v) is 1.66. The highest BCUT2D eigenvalue weighted by atomic mass is 19.1. The zero-order valence-electron chi connectivity index (χ0n) is 11.8. The van der Waals surface area contributed by atoms with Crippen LogP contribution in [0.5, 0.6) is 5.75 Å². The molecule has 1 aromatic carbocycles. The van der Waals surface area contributed by atoms with Crippen molar-refractivity contribution < 1.29 is 13.9 Å². The van der Waals surface area contributed by atoms with Crippen LogP contribution >= 0.6 is 0 Å². The first-order chi connectivity index (χ1) is 10.2. The molecular formula is C14H17FN4O2. The Kier molecular flexibility index (Phi) is 5.25. The van der Waals surface area contributed by atoms with E-state index < -0.39 is 5.82 Å². The SMILES string of the molecule is CCCNC(=O)Cn1cc(COc2ccccc2F)nn1. The number of amides is 1. The third-order valence-corrected chi connectivity index (χ3v) is 2.68. The Labute approximate surface area is 121 Å². The molecule has 6 nitrogen and oxygen atoms in total. The molecule has 0 aliphatic carbocycles. The zero-order valence-corrected chi connectivity index (χ0v) is 11.8. The molecule has 0 atom stereocenters. The van der Waals surface area contributed by atoms with Crippen molar-refractivity contribution in [1.82, 2.24) is 20.3 Å². The van der Waals surface area contributed by atoms with E-state index in [2.05, 4.69) is 15.6 Å². The van der Waals surface area contributed by atoms with Crippen LogP contribution in [0.15, 0.2) is 30.5 Å². The minimum absolute atomic E-state index is 0.0948. The van der Waals surface area contributed by atoms with Gasteiger partial charge in [-0.15, -0.1) is 5.10 Å². The van der Waals surface area contributed by atoms with Crippen molar-refractivity contribution in [1.29, 1.82) is 0 Å². The van der Waals surface area contributed by atoms with E-state index in [1.165, 1.54) is 16.8 Å². The molecule has 0 aliphatic rings. The van der Waals surface area contributed by atoms with Crippen LogP contribution in [0.1, 0.15) is 19.0 Å². The number of nitrogens with one attached hydrogen (secondary N) is 1. The van der Waals surface area contributed by atoms with Gasteiger partial charge in [0.05, 0.1) is 6.20 Å². The van der Waals surface area contributed by atoms with Gasteiger partial charge >= 0.3 is 0 Å². The molecule has 1 heterocycles. The highest BCUT2D eigenvalue weighted by Crippen LogP contribution is 2.16. The molecule has 2 rings (SSSR count). The predicted octanol–water partition coefficient (Wildman–Crippen LogP) is 1.52. The second-order valence-corrected chi connectivity index (χ2v) is 4.48. The summed E-state index contributed by atoms with van der Waals surface area (Å²) in [6.07, 6.45) is 2.48. The monoisotopic (exact) mass is 292 g/mol. The molecule has 7 heteroatoms. The first-order valence-corrected chi connectivity index (χ1v) is 6.72. The lowest BCUT2D eigenvalue weighted by Crippen LogP contribution is -2.28. The highest BCUT2D eigenvalue weighted by molar-refractivity contribution is 5.75. The van der Waals surface area contributed by atoms with Crippen molar-refractivity contribution in [3.63, 3.8) is 0 Å². The normalized spacial score (nSPS) is 10.4. The molecule has 0 fully saturated rings. The summed E-state index contributed by atoms with van der Waals surface area (Å²) in [5.41, 5.74) is 0.529. The first kappa shape index (κ1) is 15.0. The Hall–Kier alpha value is -2.44.